The van der Waals surface area contributed by atoms with Gasteiger partial charge < -0.3 is 10.1 Å². The molecule has 0 spiro atoms. The molecule has 2 aromatic rings. The number of carbonyl (C=O) groups excluding carboxylic acids is 1. The van der Waals surface area contributed by atoms with E-state index in [2.05, 4.69) is 26.2 Å². The van der Waals surface area contributed by atoms with Gasteiger partial charge >= 0.3 is 12.3 Å². The Balaban J connectivity index is 1.96. The Morgan fingerprint density at radius 2 is 1.88 bits per heavy atom. The Morgan fingerprint density at radius 3 is 2.50 bits per heavy atom. The molecule has 1 amide bonds. The smallest absolute Gasteiger partial charge is 0.416 e. The van der Waals surface area contributed by atoms with E-state index >= 15 is 0 Å². The van der Waals surface area contributed by atoms with Crippen LogP contribution < -0.4 is 5.32 Å². The van der Waals surface area contributed by atoms with Crippen LogP contribution in [0.15, 0.2) is 41.0 Å². The number of benzene rings is 1. The molecule has 1 saturated heterocycles. The fourth-order valence-corrected chi connectivity index (χ4v) is 2.79. The maximum atomic E-state index is 14.0. The quantitative estimate of drug-likeness (QED) is 0.591. The third-order valence-corrected chi connectivity index (χ3v) is 3.98. The van der Waals surface area contributed by atoms with Crippen molar-refractivity contribution in [2.24, 2.45) is 0 Å². The number of nitrogens with zero attached hydrogens (tertiary/aromatic N) is 1. The van der Waals surface area contributed by atoms with Crippen LogP contribution in [0.25, 0.3) is 0 Å². The van der Waals surface area contributed by atoms with E-state index in [4.69, 9.17) is 4.74 Å². The zero-order valence-corrected chi connectivity index (χ0v) is 13.4. The molecule has 1 aromatic heterocycles. The van der Waals surface area contributed by atoms with Crippen LogP contribution in [0.2, 0.25) is 0 Å². The molecule has 1 aliphatic rings. The summed E-state index contributed by atoms with van der Waals surface area (Å²) in [7, 11) is 0. The van der Waals surface area contributed by atoms with Crippen molar-refractivity contribution in [1.29, 1.82) is 0 Å². The Bertz CT molecular complexity index is 780. The van der Waals surface area contributed by atoms with Crippen molar-refractivity contribution in [1.82, 2.24) is 10.3 Å². The third kappa shape index (κ3) is 3.21. The summed E-state index contributed by atoms with van der Waals surface area (Å²) in [6, 6.07) is 4.69. The molecular weight excluding hydrogens is 396 g/mol. The number of ether oxygens (including phenoxy) is 1. The maximum absolute atomic E-state index is 14.0. The minimum Gasteiger partial charge on any atom is -0.439 e. The molecule has 2 atom stereocenters. The fraction of sp³-hybridized carbons (Fsp3) is 0.200. The van der Waals surface area contributed by atoms with Gasteiger partial charge in [-0.05, 0) is 39.7 Å². The number of hydrogen-bond donors (Lipinski definition) is 1. The summed E-state index contributed by atoms with van der Waals surface area (Å²) in [6.45, 7) is 0. The highest BCUT2D eigenvalue weighted by Crippen LogP contribution is 2.39. The van der Waals surface area contributed by atoms with Gasteiger partial charge in [0.1, 0.15) is 6.04 Å². The first kappa shape index (κ1) is 16.7. The highest BCUT2D eigenvalue weighted by atomic mass is 79.9. The zero-order chi connectivity index (χ0) is 17.5. The van der Waals surface area contributed by atoms with Crippen LogP contribution in [-0.2, 0) is 10.9 Å². The summed E-state index contributed by atoms with van der Waals surface area (Å²) in [4.78, 5) is 15.1. The monoisotopic (exact) mass is 404 g/mol. The SMILES string of the molecule is O=C1N[C@H](c2cc(Br)cnc2F)[C@@H](c2ccc(C(F)(F)F)cc2)O1. The van der Waals surface area contributed by atoms with Crippen molar-refractivity contribution in [3.63, 3.8) is 0 Å². The second kappa shape index (κ2) is 6.04. The van der Waals surface area contributed by atoms with E-state index in [0.717, 1.165) is 12.1 Å². The van der Waals surface area contributed by atoms with E-state index in [9.17, 15) is 22.4 Å². The van der Waals surface area contributed by atoms with E-state index in [1.807, 2.05) is 0 Å². The molecule has 0 unspecified atom stereocenters. The van der Waals surface area contributed by atoms with E-state index in [0.29, 0.717) is 10.0 Å². The van der Waals surface area contributed by atoms with E-state index in [1.54, 1.807) is 0 Å². The average Bonchev–Trinajstić information content (AvgIpc) is 2.91. The third-order valence-electron chi connectivity index (χ3n) is 3.54. The van der Waals surface area contributed by atoms with Gasteiger partial charge in [0.25, 0.3) is 0 Å². The number of carbonyl (C=O) groups is 1. The standard InChI is InChI=1S/C15H9BrF4N2O2/c16-9-5-10(13(17)21-6-9)11-12(24-14(23)22-11)7-1-3-8(4-2-7)15(18,19)20/h1-6,11-12H,(H,22,23)/t11-,12-/m1/s1. The molecule has 0 aliphatic carbocycles. The molecule has 0 saturated carbocycles. The molecule has 1 aromatic carbocycles. The second-order valence-electron chi connectivity index (χ2n) is 5.10. The lowest BCUT2D eigenvalue weighted by atomic mass is 9.96. The lowest BCUT2D eigenvalue weighted by molar-refractivity contribution is -0.137. The number of cyclic esters (lactones) is 1. The molecule has 24 heavy (non-hydrogen) atoms. The van der Waals surface area contributed by atoms with E-state index in [1.165, 1.54) is 24.4 Å². The lowest BCUT2D eigenvalue weighted by Crippen LogP contribution is -2.21. The van der Waals surface area contributed by atoms with Crippen LogP contribution in [0.5, 0.6) is 0 Å². The number of hydrogen-bond acceptors (Lipinski definition) is 3. The predicted molar refractivity (Wildman–Crippen MR) is 78.4 cm³/mol. The maximum Gasteiger partial charge on any atom is 0.416 e. The number of halogens is 5. The molecule has 1 aliphatic heterocycles. The van der Waals surface area contributed by atoms with E-state index in [-0.39, 0.29) is 5.56 Å². The summed E-state index contributed by atoms with van der Waals surface area (Å²) in [5.41, 5.74) is -0.443. The minimum absolute atomic E-state index is 0.0696. The van der Waals surface area contributed by atoms with Gasteiger partial charge in [0.2, 0.25) is 5.95 Å². The predicted octanol–water partition coefficient (Wildman–Crippen LogP) is 4.52. The van der Waals surface area contributed by atoms with Gasteiger partial charge in [-0.2, -0.15) is 17.6 Å². The fourth-order valence-electron chi connectivity index (χ4n) is 2.44. The molecule has 1 fully saturated rings. The Morgan fingerprint density at radius 1 is 1.21 bits per heavy atom. The van der Waals surface area contributed by atoms with E-state index < -0.39 is 35.9 Å². The van der Waals surface area contributed by atoms with Crippen molar-refractivity contribution in [2.75, 3.05) is 0 Å². The van der Waals surface area contributed by atoms with Crippen molar-refractivity contribution in [3.8, 4) is 0 Å². The Labute approximate surface area is 142 Å². The summed E-state index contributed by atoms with van der Waals surface area (Å²) >= 11 is 3.16. The first-order chi connectivity index (χ1) is 11.3. The molecule has 0 radical (unpaired) electrons. The summed E-state index contributed by atoms with van der Waals surface area (Å²) in [5, 5.41) is 2.45. The number of nitrogens with one attached hydrogen (secondary N) is 1. The van der Waals surface area contributed by atoms with Crippen LogP contribution in [-0.4, -0.2) is 11.1 Å². The van der Waals surface area contributed by atoms with Gasteiger partial charge in [-0.1, -0.05) is 12.1 Å². The average molecular weight is 405 g/mol. The van der Waals surface area contributed by atoms with Crippen molar-refractivity contribution < 1.29 is 27.1 Å². The topological polar surface area (TPSA) is 51.2 Å². The van der Waals surface area contributed by atoms with Crippen molar-refractivity contribution in [3.05, 3.63) is 63.6 Å². The van der Waals surface area contributed by atoms with Gasteiger partial charge in [-0.3, -0.25) is 0 Å². The van der Waals surface area contributed by atoms with Crippen molar-refractivity contribution in [2.45, 2.75) is 18.3 Å². The van der Waals surface area contributed by atoms with Gasteiger partial charge in [0, 0.05) is 16.2 Å². The highest BCUT2D eigenvalue weighted by molar-refractivity contribution is 9.10. The zero-order valence-electron chi connectivity index (χ0n) is 11.8. The minimum atomic E-state index is -4.47. The molecule has 1 N–H and O–H groups in total. The lowest BCUT2D eigenvalue weighted by Gasteiger charge is -2.18. The second-order valence-corrected chi connectivity index (χ2v) is 6.02. The normalized spacial score (nSPS) is 20.6. The molecule has 9 heteroatoms. The number of alkyl halides is 3. The number of amides is 1. The van der Waals surface area contributed by atoms with Gasteiger partial charge in [-0.15, -0.1) is 0 Å². The number of rotatable bonds is 2. The molecular formula is C15H9BrF4N2O2. The number of aromatic nitrogens is 1. The summed E-state index contributed by atoms with van der Waals surface area (Å²) in [6.07, 6.45) is -4.97. The van der Waals surface area contributed by atoms with Crippen LogP contribution in [0, 0.1) is 5.95 Å². The summed E-state index contributed by atoms with van der Waals surface area (Å²) in [5.74, 6) is -0.800. The van der Waals surface area contributed by atoms with Crippen LogP contribution >= 0.6 is 15.9 Å². The first-order valence-corrected chi connectivity index (χ1v) is 7.50. The Hall–Kier alpha value is -2.16. The van der Waals surface area contributed by atoms with Gasteiger partial charge in [0.15, 0.2) is 6.10 Å². The summed E-state index contributed by atoms with van der Waals surface area (Å²) < 4.78 is 57.5. The first-order valence-electron chi connectivity index (χ1n) is 6.71. The molecule has 4 nitrogen and oxygen atoms in total. The molecule has 3 rings (SSSR count). The van der Waals surface area contributed by atoms with Crippen LogP contribution in [0.4, 0.5) is 22.4 Å². The molecule has 126 valence electrons. The van der Waals surface area contributed by atoms with Crippen LogP contribution in [0.3, 0.4) is 0 Å². The highest BCUT2D eigenvalue weighted by Gasteiger charge is 2.39. The molecule has 2 heterocycles. The van der Waals surface area contributed by atoms with Crippen molar-refractivity contribution >= 4 is 22.0 Å². The number of pyridine rings is 1. The number of alkyl carbamates (subject to hydrolysis) is 1. The Kier molecular flexibility index (Phi) is 4.20. The largest absolute Gasteiger partial charge is 0.439 e. The van der Waals surface area contributed by atoms with Gasteiger partial charge in [-0.25, -0.2) is 9.78 Å². The molecule has 0 bridgehead atoms. The van der Waals surface area contributed by atoms with Gasteiger partial charge in [0.05, 0.1) is 5.56 Å². The van der Waals surface area contributed by atoms with Crippen LogP contribution in [0.1, 0.15) is 28.8 Å².